The molecule has 0 aliphatic heterocycles. The molecule has 0 bridgehead atoms. The first-order valence-corrected chi connectivity index (χ1v) is 13.1. The summed E-state index contributed by atoms with van der Waals surface area (Å²) in [6.45, 7) is 1.65. The first-order valence-electron chi connectivity index (χ1n) is 12.2. The second kappa shape index (κ2) is 10.2. The van der Waals surface area contributed by atoms with E-state index in [1.165, 1.54) is 74.8 Å². The molecular formula is C26H31FN4OS. The fourth-order valence-corrected chi connectivity index (χ4v) is 5.73. The topological polar surface area (TPSA) is 59.8 Å². The number of rotatable bonds is 8. The Labute approximate surface area is 198 Å². The number of hydrogen-bond acceptors (Lipinski definition) is 4. The molecule has 2 aromatic heterocycles. The lowest BCUT2D eigenvalue weighted by Crippen LogP contribution is -2.31. The molecule has 174 valence electrons. The maximum Gasteiger partial charge on any atom is 0.226 e. The SMILES string of the molecule is O=C(Cc1csc(-c2cnn(CC3CCC3)c2-c2ccc(F)cc2)n1)NCC1CCCCC1. The number of thiazole rings is 1. The van der Waals surface area contributed by atoms with Gasteiger partial charge in [-0.25, -0.2) is 9.37 Å². The van der Waals surface area contributed by atoms with Crippen LogP contribution in [0.25, 0.3) is 21.8 Å². The van der Waals surface area contributed by atoms with Crippen molar-refractivity contribution >= 4 is 17.2 Å². The lowest BCUT2D eigenvalue weighted by atomic mass is 9.85. The minimum Gasteiger partial charge on any atom is -0.355 e. The molecule has 0 atom stereocenters. The van der Waals surface area contributed by atoms with E-state index in [-0.39, 0.29) is 11.7 Å². The van der Waals surface area contributed by atoms with Crippen molar-refractivity contribution in [1.29, 1.82) is 0 Å². The molecule has 0 radical (unpaired) electrons. The standard InChI is InChI=1S/C26H31FN4OS/c27-21-11-9-20(10-12-21)25-23(15-29-31(25)16-19-7-4-8-19)26-30-22(17-33-26)13-24(32)28-14-18-5-2-1-3-6-18/h9-12,15,17-19H,1-8,13-14,16H2,(H,28,32). The summed E-state index contributed by atoms with van der Waals surface area (Å²) in [4.78, 5) is 17.3. The maximum atomic E-state index is 13.6. The van der Waals surface area contributed by atoms with Crippen molar-refractivity contribution in [2.24, 2.45) is 11.8 Å². The van der Waals surface area contributed by atoms with Gasteiger partial charge in [-0.3, -0.25) is 9.48 Å². The van der Waals surface area contributed by atoms with Crippen LogP contribution in [0, 0.1) is 17.7 Å². The van der Waals surface area contributed by atoms with Crippen LogP contribution in [-0.4, -0.2) is 27.2 Å². The number of halogens is 1. The molecule has 2 aliphatic rings. The summed E-state index contributed by atoms with van der Waals surface area (Å²) in [7, 11) is 0. The van der Waals surface area contributed by atoms with Crippen LogP contribution in [0.3, 0.4) is 0 Å². The van der Waals surface area contributed by atoms with Gasteiger partial charge in [-0.15, -0.1) is 11.3 Å². The Kier molecular flexibility index (Phi) is 6.85. The number of hydrogen-bond donors (Lipinski definition) is 1. The second-order valence-corrected chi connectivity index (χ2v) is 10.4. The Bertz CT molecular complexity index is 1080. The van der Waals surface area contributed by atoms with E-state index in [9.17, 15) is 9.18 Å². The highest BCUT2D eigenvalue weighted by Crippen LogP contribution is 2.36. The van der Waals surface area contributed by atoms with E-state index in [1.54, 1.807) is 12.1 Å². The molecule has 2 aliphatic carbocycles. The number of aromatic nitrogens is 3. The average Bonchev–Trinajstić information content (AvgIpc) is 3.43. The number of nitrogens with one attached hydrogen (secondary N) is 1. The zero-order valence-corrected chi connectivity index (χ0v) is 19.7. The van der Waals surface area contributed by atoms with E-state index < -0.39 is 0 Å². The van der Waals surface area contributed by atoms with Crippen molar-refractivity contribution in [3.8, 4) is 21.8 Å². The van der Waals surface area contributed by atoms with Crippen molar-refractivity contribution < 1.29 is 9.18 Å². The van der Waals surface area contributed by atoms with Crippen molar-refractivity contribution in [3.05, 3.63) is 47.4 Å². The highest BCUT2D eigenvalue weighted by atomic mass is 32.1. The van der Waals surface area contributed by atoms with Crippen molar-refractivity contribution in [2.75, 3.05) is 6.54 Å². The Balaban J connectivity index is 1.31. The van der Waals surface area contributed by atoms with Gasteiger partial charge in [0.25, 0.3) is 0 Å². The van der Waals surface area contributed by atoms with Crippen LogP contribution in [0.1, 0.15) is 57.1 Å². The number of nitrogens with zero attached hydrogens (tertiary/aromatic N) is 3. The first-order chi connectivity index (χ1) is 16.2. The quantitative estimate of drug-likeness (QED) is 0.453. The van der Waals surface area contributed by atoms with Gasteiger partial charge >= 0.3 is 0 Å². The number of carbonyl (C=O) groups is 1. The summed E-state index contributed by atoms with van der Waals surface area (Å²) in [6.07, 6.45) is 12.2. The number of carbonyl (C=O) groups excluding carboxylic acids is 1. The normalized spacial score (nSPS) is 17.1. The molecule has 0 saturated heterocycles. The smallest absolute Gasteiger partial charge is 0.226 e. The summed E-state index contributed by atoms with van der Waals surface area (Å²) >= 11 is 1.54. The molecule has 33 heavy (non-hydrogen) atoms. The highest BCUT2D eigenvalue weighted by Gasteiger charge is 2.23. The fraction of sp³-hybridized carbons (Fsp3) is 0.500. The van der Waals surface area contributed by atoms with Crippen molar-refractivity contribution in [3.63, 3.8) is 0 Å². The molecule has 3 aromatic rings. The van der Waals surface area contributed by atoms with Crippen molar-refractivity contribution in [1.82, 2.24) is 20.1 Å². The Morgan fingerprint density at radius 3 is 2.55 bits per heavy atom. The van der Waals surface area contributed by atoms with Crippen LogP contribution in [0.15, 0.2) is 35.8 Å². The summed E-state index contributed by atoms with van der Waals surface area (Å²) in [6, 6.07) is 6.59. The molecule has 2 saturated carbocycles. The van der Waals surface area contributed by atoms with Crippen LogP contribution in [0.2, 0.25) is 0 Å². The zero-order valence-electron chi connectivity index (χ0n) is 18.9. The summed E-state index contributed by atoms with van der Waals surface area (Å²) in [5.41, 5.74) is 3.64. The molecule has 0 spiro atoms. The molecule has 5 rings (SSSR count). The van der Waals surface area contributed by atoms with E-state index in [0.717, 1.165) is 40.6 Å². The van der Waals surface area contributed by atoms with E-state index in [1.807, 2.05) is 16.3 Å². The lowest BCUT2D eigenvalue weighted by Gasteiger charge is -2.26. The molecule has 2 heterocycles. The monoisotopic (exact) mass is 466 g/mol. The molecule has 1 N–H and O–H groups in total. The molecular weight excluding hydrogens is 435 g/mol. The van der Waals surface area contributed by atoms with Crippen LogP contribution < -0.4 is 5.32 Å². The third-order valence-corrected chi connectivity index (χ3v) is 7.97. The molecule has 5 nitrogen and oxygen atoms in total. The molecule has 2 fully saturated rings. The van der Waals surface area contributed by atoms with Crippen LogP contribution >= 0.6 is 11.3 Å². The van der Waals surface area contributed by atoms with Gasteiger partial charge in [-0.1, -0.05) is 25.7 Å². The third kappa shape index (κ3) is 5.35. The maximum absolute atomic E-state index is 13.6. The van der Waals surface area contributed by atoms with E-state index in [4.69, 9.17) is 4.98 Å². The van der Waals surface area contributed by atoms with Crippen LogP contribution in [0.5, 0.6) is 0 Å². The third-order valence-electron chi connectivity index (χ3n) is 7.05. The lowest BCUT2D eigenvalue weighted by molar-refractivity contribution is -0.120. The predicted octanol–water partition coefficient (Wildman–Crippen LogP) is 5.85. The van der Waals surface area contributed by atoms with Gasteiger partial charge in [0, 0.05) is 24.0 Å². The van der Waals surface area contributed by atoms with Crippen LogP contribution in [-0.2, 0) is 17.8 Å². The highest BCUT2D eigenvalue weighted by molar-refractivity contribution is 7.13. The predicted molar refractivity (Wildman–Crippen MR) is 129 cm³/mol. The van der Waals surface area contributed by atoms with Gasteiger partial charge in [-0.05, 0) is 61.8 Å². The number of amides is 1. The van der Waals surface area contributed by atoms with Gasteiger partial charge in [0.15, 0.2) is 0 Å². The molecule has 7 heteroatoms. The van der Waals surface area contributed by atoms with Gasteiger partial charge in [0.2, 0.25) is 5.91 Å². The average molecular weight is 467 g/mol. The van der Waals surface area contributed by atoms with Gasteiger partial charge in [-0.2, -0.15) is 5.10 Å². The molecule has 0 unspecified atom stereocenters. The summed E-state index contributed by atoms with van der Waals surface area (Å²) in [5.74, 6) is 1.06. The van der Waals surface area contributed by atoms with E-state index in [2.05, 4.69) is 10.4 Å². The van der Waals surface area contributed by atoms with E-state index >= 15 is 0 Å². The van der Waals surface area contributed by atoms with Crippen LogP contribution in [0.4, 0.5) is 4.39 Å². The Morgan fingerprint density at radius 2 is 1.82 bits per heavy atom. The summed E-state index contributed by atoms with van der Waals surface area (Å²) in [5, 5.41) is 10.6. The fourth-order valence-electron chi connectivity index (χ4n) is 4.90. The van der Waals surface area contributed by atoms with Gasteiger partial charge in [0.1, 0.15) is 10.8 Å². The first kappa shape index (κ1) is 22.3. The zero-order chi connectivity index (χ0) is 22.6. The summed E-state index contributed by atoms with van der Waals surface area (Å²) < 4.78 is 15.6. The number of benzene rings is 1. The molecule has 1 aromatic carbocycles. The Hall–Kier alpha value is -2.54. The largest absolute Gasteiger partial charge is 0.355 e. The minimum absolute atomic E-state index is 0.0388. The second-order valence-electron chi connectivity index (χ2n) is 9.52. The Morgan fingerprint density at radius 1 is 1.06 bits per heavy atom. The van der Waals surface area contributed by atoms with Gasteiger partial charge < -0.3 is 5.32 Å². The minimum atomic E-state index is -0.249. The van der Waals surface area contributed by atoms with E-state index in [0.29, 0.717) is 18.3 Å². The van der Waals surface area contributed by atoms with Gasteiger partial charge in [0.05, 0.1) is 29.6 Å². The van der Waals surface area contributed by atoms with Crippen molar-refractivity contribution in [2.45, 2.75) is 64.3 Å². The molecule has 1 amide bonds.